The molecule has 0 spiro atoms. The molecule has 3 N–H and O–H groups in total. The smallest absolute Gasteiger partial charge is 0.329 e. The van der Waals surface area contributed by atoms with Crippen molar-refractivity contribution < 1.29 is 18.0 Å². The van der Waals surface area contributed by atoms with Gasteiger partial charge in [0.05, 0.1) is 0 Å². The van der Waals surface area contributed by atoms with E-state index in [0.29, 0.717) is 68.4 Å². The van der Waals surface area contributed by atoms with Gasteiger partial charge in [0.25, 0.3) is 5.91 Å². The summed E-state index contributed by atoms with van der Waals surface area (Å²) in [6.45, 7) is 3.58. The van der Waals surface area contributed by atoms with Crippen molar-refractivity contribution in [2.45, 2.75) is 39.0 Å². The van der Waals surface area contributed by atoms with Gasteiger partial charge in [-0.2, -0.15) is 12.7 Å². The molecule has 2 heterocycles. The molecule has 33 heavy (non-hydrogen) atoms. The second kappa shape index (κ2) is 10.2. The van der Waals surface area contributed by atoms with Crippen molar-refractivity contribution in [2.75, 3.05) is 26.2 Å². The highest BCUT2D eigenvalue weighted by atomic mass is 32.2. The van der Waals surface area contributed by atoms with E-state index in [-0.39, 0.29) is 5.91 Å². The number of carbonyl (C=O) groups is 2. The predicted molar refractivity (Wildman–Crippen MR) is 125 cm³/mol. The average molecular weight is 476 g/mol. The number of aryl methyl sites for hydroxylation is 1. The summed E-state index contributed by atoms with van der Waals surface area (Å²) < 4.78 is 28.7. The summed E-state index contributed by atoms with van der Waals surface area (Å²) in [6.07, 6.45) is 8.82. The van der Waals surface area contributed by atoms with Gasteiger partial charge in [-0.3, -0.25) is 4.79 Å². The maximum atomic E-state index is 12.6. The highest BCUT2D eigenvalue weighted by molar-refractivity contribution is 7.87. The van der Waals surface area contributed by atoms with Gasteiger partial charge in [-0.15, -0.1) is 0 Å². The third-order valence-electron chi connectivity index (χ3n) is 7.04. The van der Waals surface area contributed by atoms with Gasteiger partial charge < -0.3 is 10.6 Å². The zero-order valence-corrected chi connectivity index (χ0v) is 19.8. The highest BCUT2D eigenvalue weighted by Crippen LogP contribution is 2.42. The fraction of sp³-hybridized carbons (Fsp3) is 0.609. The van der Waals surface area contributed by atoms with E-state index in [9.17, 15) is 18.0 Å². The molecular formula is C23H33N5O4S. The number of urea groups is 1. The molecule has 2 aliphatic carbocycles. The van der Waals surface area contributed by atoms with Crippen molar-refractivity contribution in [3.8, 4) is 0 Å². The molecule has 3 aliphatic rings. The maximum absolute atomic E-state index is 12.6. The number of pyridine rings is 1. The Morgan fingerprint density at radius 2 is 1.91 bits per heavy atom. The topological polar surface area (TPSA) is 121 Å². The molecule has 10 heteroatoms. The number of hydrogen-bond donors (Lipinski definition) is 3. The Hall–Kier alpha value is -2.46. The van der Waals surface area contributed by atoms with Crippen LogP contribution in [0.25, 0.3) is 0 Å². The minimum atomic E-state index is -3.86. The van der Waals surface area contributed by atoms with E-state index in [2.05, 4.69) is 32.5 Å². The van der Waals surface area contributed by atoms with Crippen LogP contribution in [-0.2, 0) is 10.2 Å². The number of nitrogens with zero attached hydrogens (tertiary/aromatic N) is 2. The number of nitrogens with one attached hydrogen (secondary N) is 3. The molecule has 0 unspecified atom stereocenters. The molecular weight excluding hydrogens is 442 g/mol. The van der Waals surface area contributed by atoms with Gasteiger partial charge in [-0.1, -0.05) is 18.2 Å². The Morgan fingerprint density at radius 3 is 2.58 bits per heavy atom. The van der Waals surface area contributed by atoms with Crippen LogP contribution in [0.3, 0.4) is 0 Å². The Morgan fingerprint density at radius 1 is 1.12 bits per heavy atom. The first-order valence-corrected chi connectivity index (χ1v) is 13.2. The number of rotatable bonds is 8. The Kier molecular flexibility index (Phi) is 7.33. The van der Waals surface area contributed by atoms with Gasteiger partial charge in [-0.25, -0.2) is 14.5 Å². The summed E-state index contributed by atoms with van der Waals surface area (Å²) in [6, 6.07) is 4.67. The number of hydrogen-bond acceptors (Lipinski definition) is 5. The summed E-state index contributed by atoms with van der Waals surface area (Å²) in [7, 11) is -3.86. The van der Waals surface area contributed by atoms with Gasteiger partial charge in [0.1, 0.15) is 5.69 Å². The fourth-order valence-electron chi connectivity index (χ4n) is 5.16. The van der Waals surface area contributed by atoms with Gasteiger partial charge in [0.15, 0.2) is 0 Å². The third-order valence-corrected chi connectivity index (χ3v) is 8.52. The van der Waals surface area contributed by atoms with E-state index in [1.165, 1.54) is 4.31 Å². The van der Waals surface area contributed by atoms with E-state index >= 15 is 0 Å². The van der Waals surface area contributed by atoms with E-state index in [0.717, 1.165) is 25.0 Å². The van der Waals surface area contributed by atoms with E-state index in [4.69, 9.17) is 0 Å². The van der Waals surface area contributed by atoms with Crippen molar-refractivity contribution in [1.82, 2.24) is 24.6 Å². The van der Waals surface area contributed by atoms with Crippen LogP contribution >= 0.6 is 0 Å². The van der Waals surface area contributed by atoms with Crippen molar-refractivity contribution >= 4 is 22.1 Å². The molecule has 2 fully saturated rings. The lowest BCUT2D eigenvalue weighted by Gasteiger charge is -2.31. The molecule has 4 rings (SSSR count). The first-order chi connectivity index (χ1) is 15.8. The number of carbonyl (C=O) groups excluding carboxylic acids is 2. The van der Waals surface area contributed by atoms with Crippen molar-refractivity contribution in [1.29, 1.82) is 0 Å². The monoisotopic (exact) mass is 475 g/mol. The number of allylic oxidation sites excluding steroid dienone is 2. The van der Waals surface area contributed by atoms with Crippen LogP contribution in [-0.4, -0.2) is 55.8 Å². The number of fused-ring (bicyclic) bond motifs is 2. The van der Waals surface area contributed by atoms with E-state index in [1.807, 2.05) is 13.0 Å². The molecule has 180 valence electrons. The lowest BCUT2D eigenvalue weighted by Crippen LogP contribution is -2.50. The molecule has 3 amide bonds. The molecule has 1 aliphatic heterocycles. The molecule has 9 nitrogen and oxygen atoms in total. The number of piperidine rings is 1. The Labute approximate surface area is 195 Å². The summed E-state index contributed by atoms with van der Waals surface area (Å²) in [5.41, 5.74) is 1.19. The van der Waals surface area contributed by atoms with Crippen LogP contribution < -0.4 is 15.4 Å². The average Bonchev–Trinajstić information content (AvgIpc) is 3.41. The zero-order valence-electron chi connectivity index (χ0n) is 19.0. The lowest BCUT2D eigenvalue weighted by atomic mass is 9.94. The largest absolute Gasteiger partial charge is 0.351 e. The van der Waals surface area contributed by atoms with E-state index in [1.54, 1.807) is 12.1 Å². The normalized spacial score (nSPS) is 25.2. The van der Waals surface area contributed by atoms with Crippen molar-refractivity contribution in [3.05, 3.63) is 41.7 Å². The molecule has 1 aromatic rings. The Balaban J connectivity index is 1.14. The fourth-order valence-corrected chi connectivity index (χ4v) is 6.29. The summed E-state index contributed by atoms with van der Waals surface area (Å²) in [5.74, 6) is 1.63. The first-order valence-electron chi connectivity index (χ1n) is 11.8. The van der Waals surface area contributed by atoms with Crippen LogP contribution in [0.5, 0.6) is 0 Å². The quantitative estimate of drug-likeness (QED) is 0.497. The minimum Gasteiger partial charge on any atom is -0.351 e. The number of amides is 3. The molecule has 1 aromatic heterocycles. The molecule has 2 bridgehead atoms. The SMILES string of the molecule is Cc1cccc(C(=O)NCCC2CCN(S(=O)(=O)NC(=O)NC[C@@H]3C[C@@H]4C=C[C@@H]3C4)CC2)n1. The van der Waals surface area contributed by atoms with Crippen LogP contribution in [0.4, 0.5) is 4.79 Å². The van der Waals surface area contributed by atoms with Crippen LogP contribution in [0.2, 0.25) is 0 Å². The first kappa shape index (κ1) is 23.7. The number of aromatic nitrogens is 1. The van der Waals surface area contributed by atoms with Crippen LogP contribution in [0.15, 0.2) is 30.4 Å². The molecule has 1 saturated carbocycles. The standard InChI is InChI=1S/C23H33N5O4S/c1-16-3-2-4-21(26-16)22(29)24-10-7-17-8-11-28(12-9-17)33(31,32)27-23(30)25-15-20-14-18-5-6-19(20)13-18/h2-6,17-20H,7-15H2,1H3,(H,24,29)(H2,25,27,30)/t18-,19-,20+/m1/s1. The Bertz CT molecular complexity index is 1000. The van der Waals surface area contributed by atoms with Gasteiger partial charge in [-0.05, 0) is 74.8 Å². The summed E-state index contributed by atoms with van der Waals surface area (Å²) >= 11 is 0. The van der Waals surface area contributed by atoms with Gasteiger partial charge in [0, 0.05) is 31.9 Å². The van der Waals surface area contributed by atoms with E-state index < -0.39 is 16.2 Å². The van der Waals surface area contributed by atoms with Gasteiger partial charge >= 0.3 is 16.2 Å². The highest BCUT2D eigenvalue weighted by Gasteiger charge is 2.36. The van der Waals surface area contributed by atoms with Crippen LogP contribution in [0, 0.1) is 30.6 Å². The van der Waals surface area contributed by atoms with Crippen molar-refractivity contribution in [3.63, 3.8) is 0 Å². The molecule has 1 saturated heterocycles. The maximum Gasteiger partial charge on any atom is 0.329 e. The van der Waals surface area contributed by atoms with Gasteiger partial charge in [0.2, 0.25) is 0 Å². The van der Waals surface area contributed by atoms with Crippen molar-refractivity contribution in [2.24, 2.45) is 23.7 Å². The molecule has 0 radical (unpaired) electrons. The lowest BCUT2D eigenvalue weighted by molar-refractivity contribution is 0.0944. The molecule has 0 aromatic carbocycles. The van der Waals surface area contributed by atoms with Crippen LogP contribution in [0.1, 0.15) is 48.3 Å². The summed E-state index contributed by atoms with van der Waals surface area (Å²) in [4.78, 5) is 28.6. The molecule has 3 atom stereocenters. The minimum absolute atomic E-state index is 0.199. The second-order valence-corrected chi connectivity index (χ2v) is 11.1. The third kappa shape index (κ3) is 6.11. The second-order valence-electron chi connectivity index (χ2n) is 9.41. The zero-order chi connectivity index (χ0) is 23.4. The predicted octanol–water partition coefficient (Wildman–Crippen LogP) is 1.98. The summed E-state index contributed by atoms with van der Waals surface area (Å²) in [5, 5.41) is 5.62.